The van der Waals surface area contributed by atoms with Crippen LogP contribution in [0.15, 0.2) is 66.7 Å². The predicted molar refractivity (Wildman–Crippen MR) is 134 cm³/mol. The Morgan fingerprint density at radius 2 is 1.65 bits per heavy atom. The van der Waals surface area contributed by atoms with E-state index in [9.17, 15) is 4.79 Å². The van der Waals surface area contributed by atoms with E-state index in [0.29, 0.717) is 13.2 Å². The highest BCUT2D eigenvalue weighted by Crippen LogP contribution is 2.44. The second-order valence-corrected chi connectivity index (χ2v) is 8.97. The van der Waals surface area contributed by atoms with Crippen molar-refractivity contribution in [1.29, 1.82) is 0 Å². The van der Waals surface area contributed by atoms with Crippen LogP contribution in [-0.2, 0) is 17.8 Å². The number of carbonyl (C=O) groups excluding carboxylic acids is 1. The molecule has 1 saturated heterocycles. The van der Waals surface area contributed by atoms with Crippen LogP contribution in [0.3, 0.4) is 0 Å². The standard InChI is InChI=1S/C29H31N2O3/c1-33-28-17-21(19-31-15-7-2-8-16-31)13-14-22(28)18-30-29(32)34-20-27-25-11-5-3-9-23(25)24-10-4-6-12-26(24)27/h2-6,9-14,17,27H,7-8,15-16,18-20H2,1H3,(H,30,32). The first-order valence-corrected chi connectivity index (χ1v) is 12.0. The Balaban J connectivity index is 1.18. The van der Waals surface area contributed by atoms with Crippen LogP contribution < -0.4 is 10.1 Å². The van der Waals surface area contributed by atoms with Crippen LogP contribution in [-0.4, -0.2) is 37.8 Å². The molecule has 1 aliphatic heterocycles. The summed E-state index contributed by atoms with van der Waals surface area (Å²) < 4.78 is 11.3. The lowest BCUT2D eigenvalue weighted by Gasteiger charge is -2.26. The number of benzene rings is 3. The minimum atomic E-state index is -0.419. The fourth-order valence-electron chi connectivity index (χ4n) is 5.07. The van der Waals surface area contributed by atoms with Crippen LogP contribution in [0.25, 0.3) is 11.1 Å². The maximum Gasteiger partial charge on any atom is 0.407 e. The number of ether oxygens (including phenoxy) is 2. The van der Waals surface area contributed by atoms with Crippen molar-refractivity contribution < 1.29 is 14.3 Å². The summed E-state index contributed by atoms with van der Waals surface area (Å²) in [5.74, 6) is 0.847. The molecule has 0 bridgehead atoms. The summed E-state index contributed by atoms with van der Waals surface area (Å²) >= 11 is 0. The molecule has 1 aliphatic carbocycles. The molecule has 0 saturated carbocycles. The van der Waals surface area contributed by atoms with Gasteiger partial charge in [0.25, 0.3) is 0 Å². The summed E-state index contributed by atoms with van der Waals surface area (Å²) in [6.07, 6.45) is 4.24. The molecule has 5 heteroatoms. The maximum atomic E-state index is 12.5. The lowest BCUT2D eigenvalue weighted by Crippen LogP contribution is -2.29. The molecule has 0 aromatic heterocycles. The number of amides is 1. The van der Waals surface area contributed by atoms with E-state index in [1.54, 1.807) is 7.11 Å². The molecule has 1 heterocycles. The lowest BCUT2D eigenvalue weighted by atomic mass is 9.98. The van der Waals surface area contributed by atoms with E-state index in [1.165, 1.54) is 27.8 Å². The third kappa shape index (κ3) is 4.80. The van der Waals surface area contributed by atoms with E-state index in [-0.39, 0.29) is 5.92 Å². The van der Waals surface area contributed by atoms with E-state index < -0.39 is 6.09 Å². The Kier molecular flexibility index (Phi) is 6.82. The van der Waals surface area contributed by atoms with Gasteiger partial charge in [0.2, 0.25) is 0 Å². The molecule has 3 aromatic rings. The number of fused-ring (bicyclic) bond motifs is 3. The molecule has 5 nitrogen and oxygen atoms in total. The fraction of sp³-hybridized carbons (Fsp3) is 0.310. The number of hydrogen-bond acceptors (Lipinski definition) is 4. The molecule has 1 amide bonds. The molecular formula is C29H31N2O3. The number of piperidine rings is 1. The van der Waals surface area contributed by atoms with E-state index in [1.807, 2.05) is 18.2 Å². The smallest absolute Gasteiger partial charge is 0.407 e. The van der Waals surface area contributed by atoms with Crippen molar-refractivity contribution in [1.82, 2.24) is 10.2 Å². The Bertz CT molecular complexity index is 1110. The molecule has 2 aliphatic rings. The van der Waals surface area contributed by atoms with E-state index in [2.05, 4.69) is 65.2 Å². The van der Waals surface area contributed by atoms with Crippen molar-refractivity contribution in [2.24, 2.45) is 0 Å². The lowest BCUT2D eigenvalue weighted by molar-refractivity contribution is 0.142. The Labute approximate surface area is 201 Å². The number of rotatable bonds is 7. The molecule has 0 spiro atoms. The van der Waals surface area contributed by atoms with Gasteiger partial charge in [0, 0.05) is 24.6 Å². The summed E-state index contributed by atoms with van der Waals surface area (Å²) in [4.78, 5) is 15.0. The Morgan fingerprint density at radius 3 is 2.32 bits per heavy atom. The summed E-state index contributed by atoms with van der Waals surface area (Å²) in [7, 11) is 1.67. The number of hydrogen-bond donors (Lipinski definition) is 1. The summed E-state index contributed by atoms with van der Waals surface area (Å²) in [5, 5.41) is 2.89. The van der Waals surface area contributed by atoms with Crippen LogP contribution in [0.5, 0.6) is 5.75 Å². The molecule has 1 radical (unpaired) electrons. The van der Waals surface area contributed by atoms with Crippen molar-refractivity contribution in [2.45, 2.75) is 31.8 Å². The molecule has 5 rings (SSSR count). The Morgan fingerprint density at radius 1 is 0.971 bits per heavy atom. The maximum absolute atomic E-state index is 12.5. The molecule has 1 fully saturated rings. The van der Waals surface area contributed by atoms with Crippen molar-refractivity contribution >= 4 is 6.09 Å². The zero-order valence-electron chi connectivity index (χ0n) is 19.6. The van der Waals surface area contributed by atoms with E-state index in [4.69, 9.17) is 9.47 Å². The zero-order chi connectivity index (χ0) is 23.3. The minimum Gasteiger partial charge on any atom is -0.496 e. The van der Waals surface area contributed by atoms with Crippen LogP contribution in [0.1, 0.15) is 41.0 Å². The molecule has 0 unspecified atom stereocenters. The molecule has 175 valence electrons. The SMILES string of the molecule is COc1cc(CN2CC[CH]CC2)ccc1CNC(=O)OCC1c2ccccc2-c2ccccc21. The van der Waals surface area contributed by atoms with Gasteiger partial charge in [-0.05, 0) is 66.2 Å². The number of alkyl carbamates (subject to hydrolysis) is 1. The van der Waals surface area contributed by atoms with Gasteiger partial charge >= 0.3 is 6.09 Å². The summed E-state index contributed by atoms with van der Waals surface area (Å²) in [6, 6.07) is 22.9. The van der Waals surface area contributed by atoms with Crippen molar-refractivity contribution in [3.05, 3.63) is 95.4 Å². The van der Waals surface area contributed by atoms with Gasteiger partial charge in [-0.25, -0.2) is 4.79 Å². The van der Waals surface area contributed by atoms with Crippen LogP contribution in [0.2, 0.25) is 0 Å². The molecule has 3 aromatic carbocycles. The summed E-state index contributed by atoms with van der Waals surface area (Å²) in [5.41, 5.74) is 7.02. The van der Waals surface area contributed by atoms with Gasteiger partial charge in [-0.1, -0.05) is 60.7 Å². The first-order chi connectivity index (χ1) is 16.7. The second-order valence-electron chi connectivity index (χ2n) is 8.97. The molecular weight excluding hydrogens is 424 g/mol. The molecule has 34 heavy (non-hydrogen) atoms. The fourth-order valence-corrected chi connectivity index (χ4v) is 5.07. The first kappa shape index (κ1) is 22.5. The van der Waals surface area contributed by atoms with E-state index in [0.717, 1.165) is 43.8 Å². The average Bonchev–Trinajstić information content (AvgIpc) is 3.21. The number of nitrogens with zero attached hydrogens (tertiary/aromatic N) is 1. The van der Waals surface area contributed by atoms with Gasteiger partial charge in [0.05, 0.1) is 7.11 Å². The number of carbonyl (C=O) groups is 1. The van der Waals surface area contributed by atoms with Crippen LogP contribution in [0.4, 0.5) is 4.79 Å². The zero-order valence-corrected chi connectivity index (χ0v) is 19.6. The predicted octanol–water partition coefficient (Wildman–Crippen LogP) is 5.53. The van der Waals surface area contributed by atoms with Gasteiger partial charge in [-0.3, -0.25) is 4.90 Å². The topological polar surface area (TPSA) is 50.8 Å². The van der Waals surface area contributed by atoms with Crippen LogP contribution in [0, 0.1) is 6.42 Å². The average molecular weight is 456 g/mol. The minimum absolute atomic E-state index is 0.0550. The monoisotopic (exact) mass is 455 g/mol. The molecule has 1 N–H and O–H groups in total. The van der Waals surface area contributed by atoms with Crippen molar-refractivity contribution in [3.8, 4) is 16.9 Å². The normalized spacial score (nSPS) is 15.4. The second kappa shape index (κ2) is 10.3. The van der Waals surface area contributed by atoms with Crippen molar-refractivity contribution in [3.63, 3.8) is 0 Å². The first-order valence-electron chi connectivity index (χ1n) is 12.0. The third-order valence-electron chi connectivity index (χ3n) is 6.82. The van der Waals surface area contributed by atoms with Gasteiger partial charge < -0.3 is 14.8 Å². The number of nitrogens with one attached hydrogen (secondary N) is 1. The molecule has 0 atom stereocenters. The van der Waals surface area contributed by atoms with Gasteiger partial charge in [-0.15, -0.1) is 0 Å². The highest BCUT2D eigenvalue weighted by Gasteiger charge is 2.29. The summed E-state index contributed by atoms with van der Waals surface area (Å²) in [6.45, 7) is 3.80. The van der Waals surface area contributed by atoms with Crippen LogP contribution >= 0.6 is 0 Å². The Hall–Kier alpha value is -3.31. The highest BCUT2D eigenvalue weighted by atomic mass is 16.5. The number of likely N-dealkylation sites (tertiary alicyclic amines) is 1. The largest absolute Gasteiger partial charge is 0.496 e. The van der Waals surface area contributed by atoms with Gasteiger partial charge in [0.1, 0.15) is 12.4 Å². The highest BCUT2D eigenvalue weighted by molar-refractivity contribution is 5.79. The third-order valence-corrected chi connectivity index (χ3v) is 6.82. The van der Waals surface area contributed by atoms with Gasteiger partial charge in [-0.2, -0.15) is 0 Å². The van der Waals surface area contributed by atoms with E-state index >= 15 is 0 Å². The number of methoxy groups -OCH3 is 1. The van der Waals surface area contributed by atoms with Gasteiger partial charge in [0.15, 0.2) is 0 Å². The quantitative estimate of drug-likeness (QED) is 0.509. The van der Waals surface area contributed by atoms with Crippen molar-refractivity contribution in [2.75, 3.05) is 26.8 Å².